The van der Waals surface area contributed by atoms with Crippen molar-refractivity contribution in [3.05, 3.63) is 0 Å². The van der Waals surface area contributed by atoms with Crippen LogP contribution in [0, 0.1) is 0 Å². The minimum atomic E-state index is -0.510. The smallest absolute Gasteiger partial charge is 0.116 e. The predicted octanol–water partition coefficient (Wildman–Crippen LogP) is 3.20. The summed E-state index contributed by atoms with van der Waals surface area (Å²) in [5.41, 5.74) is -0.510. The van der Waals surface area contributed by atoms with Gasteiger partial charge in [-0.2, -0.15) is 0 Å². The molecule has 0 radical (unpaired) electrons. The zero-order valence-electron chi connectivity index (χ0n) is 10.2. The Kier molecular flexibility index (Phi) is 6.26. The van der Waals surface area contributed by atoms with Crippen LogP contribution in [0.15, 0.2) is 0 Å². The molecule has 0 aromatic carbocycles. The Labute approximate surface area is 94.5 Å². The summed E-state index contributed by atoms with van der Waals surface area (Å²) in [4.78, 5) is 0. The second kappa shape index (κ2) is 7.24. The largest absolute Gasteiger partial charge is 0.376 e. The normalized spacial score (nSPS) is 19.6. The van der Waals surface area contributed by atoms with Crippen LogP contribution >= 0.6 is 0 Å². The van der Waals surface area contributed by atoms with Crippen molar-refractivity contribution in [2.24, 2.45) is 0 Å². The third-order valence-corrected chi connectivity index (χ3v) is 3.42. The predicted molar refractivity (Wildman–Crippen MR) is 64.8 cm³/mol. The van der Waals surface area contributed by atoms with Crippen molar-refractivity contribution in [1.82, 2.24) is 5.32 Å². The fourth-order valence-electron chi connectivity index (χ4n) is 2.36. The second-order valence-electron chi connectivity index (χ2n) is 4.93. The molecule has 1 aliphatic rings. The minimum absolute atomic E-state index is 0.510. The SMILES string of the molecule is CCCCCCCCNC1(O)CCCC1. The summed E-state index contributed by atoms with van der Waals surface area (Å²) in [6.07, 6.45) is 12.2. The summed E-state index contributed by atoms with van der Waals surface area (Å²) in [5, 5.41) is 13.3. The number of rotatable bonds is 8. The Balaban J connectivity index is 1.88. The fourth-order valence-corrected chi connectivity index (χ4v) is 2.36. The highest BCUT2D eigenvalue weighted by Crippen LogP contribution is 2.26. The maximum atomic E-state index is 10.0. The van der Waals surface area contributed by atoms with E-state index >= 15 is 0 Å². The van der Waals surface area contributed by atoms with Crippen molar-refractivity contribution in [2.45, 2.75) is 76.9 Å². The molecule has 1 saturated carbocycles. The molecule has 0 aromatic rings. The first-order chi connectivity index (χ1) is 7.27. The molecular formula is C13H27NO. The van der Waals surface area contributed by atoms with E-state index in [-0.39, 0.29) is 0 Å². The zero-order chi connectivity index (χ0) is 11.0. The van der Waals surface area contributed by atoms with Gasteiger partial charge in [-0.3, -0.25) is 5.32 Å². The van der Waals surface area contributed by atoms with Gasteiger partial charge in [0, 0.05) is 0 Å². The van der Waals surface area contributed by atoms with Crippen molar-refractivity contribution in [1.29, 1.82) is 0 Å². The second-order valence-corrected chi connectivity index (χ2v) is 4.93. The van der Waals surface area contributed by atoms with Gasteiger partial charge in [0.25, 0.3) is 0 Å². The summed E-state index contributed by atoms with van der Waals surface area (Å²) in [7, 11) is 0. The lowest BCUT2D eigenvalue weighted by atomic mass is 10.1. The lowest BCUT2D eigenvalue weighted by molar-refractivity contribution is 0.0123. The fraction of sp³-hybridized carbons (Fsp3) is 1.00. The number of aliphatic hydroxyl groups is 1. The summed E-state index contributed by atoms with van der Waals surface area (Å²) >= 11 is 0. The van der Waals surface area contributed by atoms with Gasteiger partial charge in [0.15, 0.2) is 0 Å². The molecule has 1 aliphatic carbocycles. The molecule has 0 atom stereocenters. The Morgan fingerprint density at radius 3 is 2.27 bits per heavy atom. The number of nitrogens with one attached hydrogen (secondary N) is 1. The Morgan fingerprint density at radius 1 is 1.00 bits per heavy atom. The molecule has 2 heteroatoms. The van der Waals surface area contributed by atoms with Crippen LogP contribution in [0.25, 0.3) is 0 Å². The van der Waals surface area contributed by atoms with Crippen molar-refractivity contribution in [3.63, 3.8) is 0 Å². The highest BCUT2D eigenvalue weighted by molar-refractivity contribution is 4.81. The van der Waals surface area contributed by atoms with Crippen LogP contribution in [0.1, 0.15) is 71.1 Å². The van der Waals surface area contributed by atoms with E-state index in [0.29, 0.717) is 0 Å². The maximum Gasteiger partial charge on any atom is 0.116 e. The summed E-state index contributed by atoms with van der Waals surface area (Å²) in [6.45, 7) is 3.24. The van der Waals surface area contributed by atoms with Crippen molar-refractivity contribution < 1.29 is 5.11 Å². The van der Waals surface area contributed by atoms with E-state index in [0.717, 1.165) is 19.4 Å². The maximum absolute atomic E-state index is 10.0. The van der Waals surface area contributed by atoms with Crippen molar-refractivity contribution in [2.75, 3.05) is 6.54 Å². The van der Waals surface area contributed by atoms with Gasteiger partial charge >= 0.3 is 0 Å². The van der Waals surface area contributed by atoms with E-state index < -0.39 is 5.72 Å². The Hall–Kier alpha value is -0.0800. The topological polar surface area (TPSA) is 32.3 Å². The third kappa shape index (κ3) is 5.53. The average molecular weight is 213 g/mol. The standard InChI is InChI=1S/C13H27NO/c1-2-3-4-5-6-9-12-14-13(15)10-7-8-11-13/h14-15H,2-12H2,1H3. The molecule has 0 aliphatic heterocycles. The van der Waals surface area contributed by atoms with Gasteiger partial charge in [-0.15, -0.1) is 0 Å². The van der Waals surface area contributed by atoms with Gasteiger partial charge in [-0.25, -0.2) is 0 Å². The summed E-state index contributed by atoms with van der Waals surface area (Å²) in [5.74, 6) is 0. The van der Waals surface area contributed by atoms with Gasteiger partial charge < -0.3 is 5.11 Å². The lowest BCUT2D eigenvalue weighted by Gasteiger charge is -2.23. The molecule has 0 amide bonds. The summed E-state index contributed by atoms with van der Waals surface area (Å²) < 4.78 is 0. The van der Waals surface area contributed by atoms with E-state index in [1.165, 1.54) is 51.4 Å². The number of hydrogen-bond donors (Lipinski definition) is 2. The summed E-state index contributed by atoms with van der Waals surface area (Å²) in [6, 6.07) is 0. The van der Waals surface area contributed by atoms with Crippen LogP contribution in [0.3, 0.4) is 0 Å². The van der Waals surface area contributed by atoms with Crippen LogP contribution in [-0.2, 0) is 0 Å². The van der Waals surface area contributed by atoms with Gasteiger partial charge in [0.05, 0.1) is 0 Å². The highest BCUT2D eigenvalue weighted by Gasteiger charge is 2.29. The number of hydrogen-bond acceptors (Lipinski definition) is 2. The lowest BCUT2D eigenvalue weighted by Crippen LogP contribution is -2.42. The molecule has 1 rings (SSSR count). The van der Waals surface area contributed by atoms with Gasteiger partial charge in [0.1, 0.15) is 5.72 Å². The first kappa shape index (κ1) is 13.0. The van der Waals surface area contributed by atoms with E-state index in [9.17, 15) is 5.11 Å². The van der Waals surface area contributed by atoms with Crippen LogP contribution in [0.5, 0.6) is 0 Å². The van der Waals surface area contributed by atoms with E-state index in [4.69, 9.17) is 0 Å². The molecule has 2 nitrogen and oxygen atoms in total. The van der Waals surface area contributed by atoms with Crippen LogP contribution in [0.2, 0.25) is 0 Å². The van der Waals surface area contributed by atoms with E-state index in [1.54, 1.807) is 0 Å². The first-order valence-electron chi connectivity index (χ1n) is 6.74. The molecule has 0 heterocycles. The van der Waals surface area contributed by atoms with Crippen molar-refractivity contribution >= 4 is 0 Å². The third-order valence-electron chi connectivity index (χ3n) is 3.42. The molecule has 0 aromatic heterocycles. The molecule has 0 bridgehead atoms. The van der Waals surface area contributed by atoms with Gasteiger partial charge in [0.2, 0.25) is 0 Å². The van der Waals surface area contributed by atoms with Crippen molar-refractivity contribution in [3.8, 4) is 0 Å². The van der Waals surface area contributed by atoms with E-state index in [1.807, 2.05) is 0 Å². The minimum Gasteiger partial charge on any atom is -0.376 e. The molecular weight excluding hydrogens is 186 g/mol. The molecule has 0 spiro atoms. The molecule has 1 fully saturated rings. The quantitative estimate of drug-likeness (QED) is 0.479. The molecule has 0 unspecified atom stereocenters. The van der Waals surface area contributed by atoms with E-state index in [2.05, 4.69) is 12.2 Å². The van der Waals surface area contributed by atoms with Crippen LogP contribution in [-0.4, -0.2) is 17.4 Å². The molecule has 90 valence electrons. The monoisotopic (exact) mass is 213 g/mol. The van der Waals surface area contributed by atoms with Gasteiger partial charge in [-0.05, 0) is 38.6 Å². The van der Waals surface area contributed by atoms with Gasteiger partial charge in [-0.1, -0.05) is 39.0 Å². The van der Waals surface area contributed by atoms with Crippen LogP contribution < -0.4 is 5.32 Å². The molecule has 2 N–H and O–H groups in total. The number of unbranched alkanes of at least 4 members (excludes halogenated alkanes) is 5. The Bertz CT molecular complexity index is 153. The van der Waals surface area contributed by atoms with Crippen LogP contribution in [0.4, 0.5) is 0 Å². The molecule has 0 saturated heterocycles. The molecule has 15 heavy (non-hydrogen) atoms. The average Bonchev–Trinajstić information content (AvgIpc) is 2.64. The zero-order valence-corrected chi connectivity index (χ0v) is 10.2. The first-order valence-corrected chi connectivity index (χ1v) is 6.74. The highest BCUT2D eigenvalue weighted by atomic mass is 16.3. The Morgan fingerprint density at radius 2 is 1.60 bits per heavy atom.